The van der Waals surface area contributed by atoms with Gasteiger partial charge in [0.25, 0.3) is 0 Å². The summed E-state index contributed by atoms with van der Waals surface area (Å²) in [6.07, 6.45) is 6.79. The maximum atomic E-state index is 12.5. The van der Waals surface area contributed by atoms with Crippen LogP contribution in [0.1, 0.15) is 43.7 Å². The third-order valence-electron chi connectivity index (χ3n) is 3.66. The number of aromatic nitrogens is 4. The number of anilines is 1. The minimum Gasteiger partial charge on any atom is -0.367 e. The second-order valence-electron chi connectivity index (χ2n) is 4.93. The fraction of sp³-hybridized carbons (Fsp3) is 0.583. The Hall–Kier alpha value is -1.99. The van der Waals surface area contributed by atoms with E-state index in [1.165, 1.54) is 12.6 Å². The van der Waals surface area contributed by atoms with Gasteiger partial charge in [0.1, 0.15) is 11.4 Å². The van der Waals surface area contributed by atoms with Crippen molar-refractivity contribution in [2.45, 2.75) is 44.6 Å². The molecule has 0 atom stereocenters. The van der Waals surface area contributed by atoms with E-state index in [1.807, 2.05) is 0 Å². The third kappa shape index (κ3) is 2.25. The lowest BCUT2D eigenvalue weighted by Gasteiger charge is -2.22. The molecule has 20 heavy (non-hydrogen) atoms. The summed E-state index contributed by atoms with van der Waals surface area (Å²) in [5.41, 5.74) is 7.13. The molecule has 2 heterocycles. The molecule has 0 unspecified atom stereocenters. The Bertz CT molecular complexity index is 567. The molecular formula is C12H15F2N5O. The van der Waals surface area contributed by atoms with Crippen molar-refractivity contribution in [3.63, 3.8) is 0 Å². The van der Waals surface area contributed by atoms with Crippen LogP contribution in [0, 0.1) is 0 Å². The highest BCUT2D eigenvalue weighted by Gasteiger charge is 2.28. The standard InChI is InChI=1S/C12H15F2N5O/c13-11(14)20-19-10-8(6-16-12(19)15)17-18-9(10)7-4-2-1-3-5-7/h6-7,11H,1-5H2,(H2,15,16). The lowest BCUT2D eigenvalue weighted by Crippen LogP contribution is -2.24. The van der Waals surface area contributed by atoms with Crippen LogP contribution in [0.5, 0.6) is 0 Å². The fourth-order valence-electron chi connectivity index (χ4n) is 2.76. The number of hydrogen-bond acceptors (Lipinski definition) is 5. The smallest absolute Gasteiger partial charge is 0.367 e. The number of nitrogen functional groups attached to an aromatic ring is 1. The Morgan fingerprint density at radius 3 is 2.70 bits per heavy atom. The first-order chi connectivity index (χ1) is 9.66. The largest absolute Gasteiger partial charge is 0.405 e. The van der Waals surface area contributed by atoms with Gasteiger partial charge in [-0.3, -0.25) is 0 Å². The number of rotatable bonds is 3. The van der Waals surface area contributed by atoms with Gasteiger partial charge < -0.3 is 10.6 Å². The van der Waals surface area contributed by atoms with Gasteiger partial charge in [0.15, 0.2) is 0 Å². The summed E-state index contributed by atoms with van der Waals surface area (Å²) in [5, 5.41) is 8.13. The van der Waals surface area contributed by atoms with Gasteiger partial charge in [0.05, 0.1) is 11.9 Å². The molecular weight excluding hydrogens is 268 g/mol. The summed E-state index contributed by atoms with van der Waals surface area (Å²) < 4.78 is 25.9. The Morgan fingerprint density at radius 1 is 1.25 bits per heavy atom. The highest BCUT2D eigenvalue weighted by Crippen LogP contribution is 2.37. The highest BCUT2D eigenvalue weighted by atomic mass is 19.3. The molecule has 2 N–H and O–H groups in total. The van der Waals surface area contributed by atoms with Gasteiger partial charge in [-0.1, -0.05) is 19.3 Å². The molecule has 6 nitrogen and oxygen atoms in total. The van der Waals surface area contributed by atoms with Gasteiger partial charge in [0.2, 0.25) is 5.95 Å². The van der Waals surface area contributed by atoms with Crippen molar-refractivity contribution in [1.29, 1.82) is 0 Å². The van der Waals surface area contributed by atoms with Gasteiger partial charge in [-0.15, -0.1) is 9.83 Å². The summed E-state index contributed by atoms with van der Waals surface area (Å²) in [5.74, 6) is 0.0766. The molecule has 0 aromatic carbocycles. The average molecular weight is 283 g/mol. The Kier molecular flexibility index (Phi) is 3.37. The van der Waals surface area contributed by atoms with Crippen LogP contribution in [-0.4, -0.2) is 26.5 Å². The molecule has 0 amide bonds. The molecule has 0 saturated heterocycles. The van der Waals surface area contributed by atoms with Crippen molar-refractivity contribution in [3.05, 3.63) is 11.9 Å². The van der Waals surface area contributed by atoms with Crippen LogP contribution in [0.4, 0.5) is 14.7 Å². The van der Waals surface area contributed by atoms with Crippen molar-refractivity contribution in [2.24, 2.45) is 0 Å². The van der Waals surface area contributed by atoms with E-state index in [-0.39, 0.29) is 11.9 Å². The van der Waals surface area contributed by atoms with Crippen LogP contribution in [0.3, 0.4) is 0 Å². The van der Waals surface area contributed by atoms with Crippen molar-refractivity contribution >= 4 is 5.95 Å². The monoisotopic (exact) mass is 283 g/mol. The van der Waals surface area contributed by atoms with E-state index in [0.717, 1.165) is 30.4 Å². The maximum absolute atomic E-state index is 12.5. The van der Waals surface area contributed by atoms with E-state index < -0.39 is 6.61 Å². The van der Waals surface area contributed by atoms with Crippen LogP contribution in [-0.2, 0) is 0 Å². The summed E-state index contributed by atoms with van der Waals surface area (Å²) in [4.78, 5) is 8.26. The number of hydrogen-bond donors (Lipinski definition) is 1. The molecule has 0 radical (unpaired) electrons. The summed E-state index contributed by atoms with van der Waals surface area (Å²) in [6.45, 7) is -2.98. The van der Waals surface area contributed by atoms with E-state index in [9.17, 15) is 8.78 Å². The molecule has 8 heteroatoms. The van der Waals surface area contributed by atoms with Crippen LogP contribution >= 0.6 is 0 Å². The minimum atomic E-state index is -2.98. The Morgan fingerprint density at radius 2 is 2.00 bits per heavy atom. The Labute approximate surface area is 114 Å². The van der Waals surface area contributed by atoms with Crippen molar-refractivity contribution in [1.82, 2.24) is 19.9 Å². The number of fused-ring (bicyclic) bond motifs is 1. The lowest BCUT2D eigenvalue weighted by molar-refractivity contribution is -0.130. The van der Waals surface area contributed by atoms with E-state index in [0.29, 0.717) is 17.1 Å². The lowest BCUT2D eigenvalue weighted by atomic mass is 9.86. The predicted octanol–water partition coefficient (Wildman–Crippen LogP) is 2.06. The van der Waals surface area contributed by atoms with E-state index in [2.05, 4.69) is 20.0 Å². The third-order valence-corrected chi connectivity index (χ3v) is 3.66. The van der Waals surface area contributed by atoms with Gasteiger partial charge >= 0.3 is 6.61 Å². The van der Waals surface area contributed by atoms with E-state index in [4.69, 9.17) is 5.73 Å². The second kappa shape index (κ2) is 5.18. The molecule has 3 rings (SSSR count). The normalized spacial score (nSPS) is 16.9. The average Bonchev–Trinajstić information content (AvgIpc) is 2.87. The SMILES string of the molecule is Nc1ncc2nnc(C3CCCCC3)c-2n1OC(F)F. The van der Waals surface area contributed by atoms with E-state index >= 15 is 0 Å². The molecule has 2 aliphatic heterocycles. The van der Waals surface area contributed by atoms with Crippen LogP contribution in [0.25, 0.3) is 11.4 Å². The predicted molar refractivity (Wildman–Crippen MR) is 67.3 cm³/mol. The van der Waals surface area contributed by atoms with Crippen molar-refractivity contribution < 1.29 is 13.6 Å². The summed E-state index contributed by atoms with van der Waals surface area (Å²) in [6, 6.07) is 0. The molecule has 1 fully saturated rings. The molecule has 0 spiro atoms. The summed E-state index contributed by atoms with van der Waals surface area (Å²) >= 11 is 0. The maximum Gasteiger partial charge on any atom is 0.405 e. The molecule has 1 aliphatic carbocycles. The zero-order chi connectivity index (χ0) is 14.1. The highest BCUT2D eigenvalue weighted by molar-refractivity contribution is 5.60. The molecule has 0 aromatic heterocycles. The molecule has 0 aromatic rings. The molecule has 3 aliphatic rings. The molecule has 0 bridgehead atoms. The zero-order valence-electron chi connectivity index (χ0n) is 10.8. The van der Waals surface area contributed by atoms with Crippen LogP contribution < -0.4 is 10.6 Å². The minimum absolute atomic E-state index is 0.135. The van der Waals surface area contributed by atoms with Gasteiger partial charge in [-0.2, -0.15) is 13.9 Å². The first-order valence-corrected chi connectivity index (χ1v) is 6.61. The fourth-order valence-corrected chi connectivity index (χ4v) is 2.76. The van der Waals surface area contributed by atoms with Crippen LogP contribution in [0.15, 0.2) is 6.20 Å². The summed E-state index contributed by atoms with van der Waals surface area (Å²) in [7, 11) is 0. The van der Waals surface area contributed by atoms with Crippen molar-refractivity contribution in [2.75, 3.05) is 5.73 Å². The molecule has 108 valence electrons. The van der Waals surface area contributed by atoms with Gasteiger partial charge in [0, 0.05) is 5.92 Å². The van der Waals surface area contributed by atoms with Crippen molar-refractivity contribution in [3.8, 4) is 11.4 Å². The number of halogens is 2. The topological polar surface area (TPSA) is 78.9 Å². The zero-order valence-corrected chi connectivity index (χ0v) is 10.8. The first-order valence-electron chi connectivity index (χ1n) is 6.61. The number of nitrogens with zero attached hydrogens (tertiary/aromatic N) is 4. The van der Waals surface area contributed by atoms with Crippen LogP contribution in [0.2, 0.25) is 0 Å². The first kappa shape index (κ1) is 13.0. The quantitative estimate of drug-likeness (QED) is 0.932. The Balaban J connectivity index is 2.06. The second-order valence-corrected chi connectivity index (χ2v) is 4.93. The van der Waals surface area contributed by atoms with Gasteiger partial charge in [-0.25, -0.2) is 4.98 Å². The number of nitrogens with two attached hydrogens (primary N) is 1. The molecule has 1 saturated carbocycles. The van der Waals surface area contributed by atoms with E-state index in [1.54, 1.807) is 0 Å². The van der Waals surface area contributed by atoms with Gasteiger partial charge in [-0.05, 0) is 12.8 Å². The number of alkyl halides is 2.